The highest BCUT2D eigenvalue weighted by Crippen LogP contribution is 2.21. The molecule has 2 rings (SSSR count). The molecule has 0 aliphatic heterocycles. The number of amides is 2. The third-order valence-corrected chi connectivity index (χ3v) is 2.54. The molecular weight excluding hydrogens is 264 g/mol. The largest absolute Gasteiger partial charge is 0.399 e. The highest BCUT2D eigenvalue weighted by molar-refractivity contribution is 6.00. The van der Waals surface area contributed by atoms with E-state index in [1.54, 1.807) is 24.3 Å². The summed E-state index contributed by atoms with van der Waals surface area (Å²) in [6, 6.07) is 11.6. The average Bonchev–Trinajstić information content (AvgIpc) is 2.38. The second-order valence-corrected chi connectivity index (χ2v) is 4.13. The average molecular weight is 277 g/mol. The van der Waals surface area contributed by atoms with Gasteiger partial charge < -0.3 is 16.4 Å². The van der Waals surface area contributed by atoms with Gasteiger partial charge in [-0.2, -0.15) is 0 Å². The van der Waals surface area contributed by atoms with Gasteiger partial charge in [-0.05, 0) is 30.3 Å². The van der Waals surface area contributed by atoms with E-state index in [0.29, 0.717) is 17.1 Å². The van der Waals surface area contributed by atoms with Gasteiger partial charge in [0.2, 0.25) is 0 Å². The number of halogens is 2. The SMILES string of the molecule is Nc1cccc(NC(=O)Nc2cccc(C(F)F)c2)c1. The molecule has 0 aromatic heterocycles. The number of benzene rings is 2. The van der Waals surface area contributed by atoms with Crippen molar-refractivity contribution in [1.82, 2.24) is 0 Å². The molecular formula is C14H13F2N3O. The van der Waals surface area contributed by atoms with Crippen molar-refractivity contribution in [3.05, 3.63) is 54.1 Å². The summed E-state index contributed by atoms with van der Waals surface area (Å²) in [6.07, 6.45) is -2.58. The third-order valence-electron chi connectivity index (χ3n) is 2.54. The topological polar surface area (TPSA) is 67.1 Å². The molecule has 0 aliphatic carbocycles. The predicted octanol–water partition coefficient (Wildman–Crippen LogP) is 3.85. The zero-order valence-corrected chi connectivity index (χ0v) is 10.4. The summed E-state index contributed by atoms with van der Waals surface area (Å²) in [5, 5.41) is 5.04. The smallest absolute Gasteiger partial charge is 0.323 e. The molecule has 6 heteroatoms. The Morgan fingerprint density at radius 1 is 1.00 bits per heavy atom. The van der Waals surface area contributed by atoms with Crippen LogP contribution in [0.5, 0.6) is 0 Å². The number of alkyl halides is 2. The molecule has 0 radical (unpaired) electrons. The maximum Gasteiger partial charge on any atom is 0.323 e. The van der Waals surface area contributed by atoms with Gasteiger partial charge in [0.1, 0.15) is 0 Å². The first-order chi connectivity index (χ1) is 9.54. The molecule has 20 heavy (non-hydrogen) atoms. The lowest BCUT2D eigenvalue weighted by Gasteiger charge is -2.09. The summed E-state index contributed by atoms with van der Waals surface area (Å²) in [4.78, 5) is 11.7. The minimum absolute atomic E-state index is 0.147. The normalized spacial score (nSPS) is 10.3. The Balaban J connectivity index is 2.03. The number of anilines is 3. The molecule has 4 nitrogen and oxygen atoms in total. The number of rotatable bonds is 3. The Kier molecular flexibility index (Phi) is 4.14. The summed E-state index contributed by atoms with van der Waals surface area (Å²) in [5.74, 6) is 0. The van der Waals surface area contributed by atoms with Crippen molar-refractivity contribution in [3.63, 3.8) is 0 Å². The molecule has 2 amide bonds. The van der Waals surface area contributed by atoms with Gasteiger partial charge in [0.15, 0.2) is 0 Å². The number of carbonyl (C=O) groups is 1. The van der Waals surface area contributed by atoms with E-state index in [2.05, 4.69) is 10.6 Å². The molecule has 2 aromatic carbocycles. The van der Waals surface area contributed by atoms with E-state index >= 15 is 0 Å². The van der Waals surface area contributed by atoms with Gasteiger partial charge in [0.05, 0.1) is 0 Å². The van der Waals surface area contributed by atoms with Gasteiger partial charge in [0, 0.05) is 22.6 Å². The second kappa shape index (κ2) is 6.01. The lowest BCUT2D eigenvalue weighted by molar-refractivity contribution is 0.151. The minimum atomic E-state index is -2.58. The molecule has 0 bridgehead atoms. The summed E-state index contributed by atoms with van der Waals surface area (Å²) < 4.78 is 25.1. The van der Waals surface area contributed by atoms with E-state index in [4.69, 9.17) is 5.73 Å². The van der Waals surface area contributed by atoms with Gasteiger partial charge in [-0.25, -0.2) is 13.6 Å². The molecule has 0 unspecified atom stereocenters. The maximum atomic E-state index is 12.5. The fourth-order valence-corrected chi connectivity index (χ4v) is 1.66. The molecule has 0 heterocycles. The zero-order valence-electron chi connectivity index (χ0n) is 10.4. The first kappa shape index (κ1) is 13.8. The molecule has 0 aliphatic rings. The van der Waals surface area contributed by atoms with Gasteiger partial charge in [-0.15, -0.1) is 0 Å². The minimum Gasteiger partial charge on any atom is -0.399 e. The Labute approximate surface area is 114 Å². The standard InChI is InChI=1S/C14H13F2N3O/c15-13(16)9-3-1-5-11(7-9)18-14(20)19-12-6-2-4-10(17)8-12/h1-8,13H,17H2,(H2,18,19,20). The van der Waals surface area contributed by atoms with Gasteiger partial charge in [-0.3, -0.25) is 0 Å². The van der Waals surface area contributed by atoms with Crippen LogP contribution in [0.1, 0.15) is 12.0 Å². The lowest BCUT2D eigenvalue weighted by atomic mass is 10.2. The first-order valence-corrected chi connectivity index (χ1v) is 5.86. The van der Waals surface area contributed by atoms with E-state index < -0.39 is 12.5 Å². The second-order valence-electron chi connectivity index (χ2n) is 4.13. The van der Waals surface area contributed by atoms with Crippen molar-refractivity contribution in [2.24, 2.45) is 0 Å². The number of urea groups is 1. The van der Waals surface area contributed by atoms with Crippen molar-refractivity contribution in [3.8, 4) is 0 Å². The van der Waals surface area contributed by atoms with Crippen molar-refractivity contribution in [1.29, 1.82) is 0 Å². The first-order valence-electron chi connectivity index (χ1n) is 5.86. The van der Waals surface area contributed by atoms with Crippen molar-refractivity contribution in [2.45, 2.75) is 6.43 Å². The fraction of sp³-hybridized carbons (Fsp3) is 0.0714. The van der Waals surface area contributed by atoms with Crippen molar-refractivity contribution >= 4 is 23.1 Å². The van der Waals surface area contributed by atoms with Crippen LogP contribution in [0.25, 0.3) is 0 Å². The highest BCUT2D eigenvalue weighted by Gasteiger charge is 2.08. The van der Waals surface area contributed by atoms with Crippen molar-refractivity contribution in [2.75, 3.05) is 16.4 Å². The van der Waals surface area contributed by atoms with Crippen LogP contribution < -0.4 is 16.4 Å². The Morgan fingerprint density at radius 2 is 1.60 bits per heavy atom. The molecule has 104 valence electrons. The van der Waals surface area contributed by atoms with Crippen LogP contribution in [-0.4, -0.2) is 6.03 Å². The van der Waals surface area contributed by atoms with Crippen molar-refractivity contribution < 1.29 is 13.6 Å². The Bertz CT molecular complexity index is 617. The van der Waals surface area contributed by atoms with Gasteiger partial charge in [0.25, 0.3) is 6.43 Å². The Hall–Kier alpha value is -2.63. The number of nitrogens with two attached hydrogens (primary N) is 1. The van der Waals surface area contributed by atoms with E-state index in [1.165, 1.54) is 24.3 Å². The van der Waals surface area contributed by atoms with E-state index in [9.17, 15) is 13.6 Å². The molecule has 0 saturated carbocycles. The van der Waals surface area contributed by atoms with Gasteiger partial charge in [-0.1, -0.05) is 18.2 Å². The molecule has 0 saturated heterocycles. The highest BCUT2D eigenvalue weighted by atomic mass is 19.3. The molecule has 0 fully saturated rings. The molecule has 0 spiro atoms. The quantitative estimate of drug-likeness (QED) is 0.746. The predicted molar refractivity (Wildman–Crippen MR) is 74.9 cm³/mol. The van der Waals surface area contributed by atoms with Crippen LogP contribution in [-0.2, 0) is 0 Å². The number of hydrogen-bond donors (Lipinski definition) is 3. The lowest BCUT2D eigenvalue weighted by Crippen LogP contribution is -2.19. The number of nitrogens with one attached hydrogen (secondary N) is 2. The summed E-state index contributed by atoms with van der Waals surface area (Å²) in [6.45, 7) is 0. The summed E-state index contributed by atoms with van der Waals surface area (Å²) >= 11 is 0. The monoisotopic (exact) mass is 277 g/mol. The van der Waals surface area contributed by atoms with Gasteiger partial charge >= 0.3 is 6.03 Å². The molecule has 0 atom stereocenters. The Morgan fingerprint density at radius 3 is 2.20 bits per heavy atom. The maximum absolute atomic E-state index is 12.5. The van der Waals surface area contributed by atoms with Crippen LogP contribution in [0, 0.1) is 0 Å². The summed E-state index contributed by atoms with van der Waals surface area (Å²) in [7, 11) is 0. The van der Waals surface area contributed by atoms with E-state index in [-0.39, 0.29) is 5.56 Å². The van der Waals surface area contributed by atoms with Crippen LogP contribution in [0.3, 0.4) is 0 Å². The van der Waals surface area contributed by atoms with Crippen LogP contribution in [0.4, 0.5) is 30.6 Å². The third kappa shape index (κ3) is 3.68. The number of hydrogen-bond acceptors (Lipinski definition) is 2. The molecule has 4 N–H and O–H groups in total. The van der Waals surface area contributed by atoms with E-state index in [1.807, 2.05) is 0 Å². The number of carbonyl (C=O) groups excluding carboxylic acids is 1. The van der Waals surface area contributed by atoms with E-state index in [0.717, 1.165) is 0 Å². The molecule has 2 aromatic rings. The van der Waals surface area contributed by atoms with Crippen LogP contribution in [0.2, 0.25) is 0 Å². The fourth-order valence-electron chi connectivity index (χ4n) is 1.66. The summed E-state index contributed by atoms with van der Waals surface area (Å²) in [5.41, 5.74) is 6.77. The number of nitrogen functional groups attached to an aromatic ring is 1. The van der Waals surface area contributed by atoms with Crippen LogP contribution in [0.15, 0.2) is 48.5 Å². The zero-order chi connectivity index (χ0) is 14.5. The van der Waals surface area contributed by atoms with Crippen LogP contribution >= 0.6 is 0 Å².